The van der Waals surface area contributed by atoms with Crippen molar-refractivity contribution in [2.24, 2.45) is 0 Å². The number of esters is 2. The number of hydrogen-bond donors (Lipinski definition) is 2. The van der Waals surface area contributed by atoms with Crippen LogP contribution in [0.25, 0.3) is 0 Å². The van der Waals surface area contributed by atoms with E-state index in [1.54, 1.807) is 13.8 Å². The SMILES string of the molecule is Cc1cc(C(=O)OCCCS(=O)(=O)O)cc(C(=O)OCCCS(=O)(=O)O)c1C. The van der Waals surface area contributed by atoms with E-state index in [1.807, 2.05) is 0 Å². The summed E-state index contributed by atoms with van der Waals surface area (Å²) < 4.78 is 69.7. The van der Waals surface area contributed by atoms with Gasteiger partial charge in [0.2, 0.25) is 0 Å². The summed E-state index contributed by atoms with van der Waals surface area (Å²) in [6.45, 7) is 2.84. The van der Waals surface area contributed by atoms with Crippen LogP contribution in [0.2, 0.25) is 0 Å². The van der Waals surface area contributed by atoms with E-state index in [0.29, 0.717) is 11.1 Å². The fraction of sp³-hybridized carbons (Fsp3) is 0.500. The quantitative estimate of drug-likeness (QED) is 0.308. The molecule has 0 amide bonds. The molecule has 0 aliphatic carbocycles. The molecule has 0 atom stereocenters. The van der Waals surface area contributed by atoms with Crippen LogP contribution < -0.4 is 0 Å². The molecule has 10 nitrogen and oxygen atoms in total. The molecule has 28 heavy (non-hydrogen) atoms. The van der Waals surface area contributed by atoms with Crippen LogP contribution in [0.15, 0.2) is 12.1 Å². The molecule has 0 aliphatic rings. The minimum Gasteiger partial charge on any atom is -0.462 e. The average molecular weight is 438 g/mol. The minimum absolute atomic E-state index is 0.0554. The highest BCUT2D eigenvalue weighted by atomic mass is 32.2. The lowest BCUT2D eigenvalue weighted by atomic mass is 9.99. The first-order valence-electron chi connectivity index (χ1n) is 8.16. The van der Waals surface area contributed by atoms with Gasteiger partial charge in [0.15, 0.2) is 0 Å². The summed E-state index contributed by atoms with van der Waals surface area (Å²) in [4.78, 5) is 24.3. The lowest BCUT2D eigenvalue weighted by Crippen LogP contribution is -2.15. The van der Waals surface area contributed by atoms with E-state index in [1.165, 1.54) is 12.1 Å². The van der Waals surface area contributed by atoms with Crippen molar-refractivity contribution < 1.29 is 45.0 Å². The van der Waals surface area contributed by atoms with Gasteiger partial charge in [0, 0.05) is 0 Å². The van der Waals surface area contributed by atoms with E-state index in [9.17, 15) is 26.4 Å². The molecular formula is C16H22O10S2. The van der Waals surface area contributed by atoms with Crippen molar-refractivity contribution in [3.8, 4) is 0 Å². The third-order valence-corrected chi connectivity index (χ3v) is 5.29. The molecule has 0 bridgehead atoms. The first-order valence-corrected chi connectivity index (χ1v) is 11.4. The summed E-state index contributed by atoms with van der Waals surface area (Å²) in [5.41, 5.74) is 1.32. The molecule has 158 valence electrons. The molecule has 0 heterocycles. The average Bonchev–Trinajstić information content (AvgIpc) is 2.55. The Hall–Kier alpha value is -2.02. The number of aryl methyl sites for hydroxylation is 1. The van der Waals surface area contributed by atoms with Crippen molar-refractivity contribution in [2.75, 3.05) is 24.7 Å². The van der Waals surface area contributed by atoms with Gasteiger partial charge < -0.3 is 9.47 Å². The minimum atomic E-state index is -4.15. The molecule has 0 aromatic heterocycles. The molecule has 0 saturated carbocycles. The van der Waals surface area contributed by atoms with Gasteiger partial charge in [-0.3, -0.25) is 9.11 Å². The van der Waals surface area contributed by atoms with Gasteiger partial charge in [0.05, 0.1) is 35.8 Å². The van der Waals surface area contributed by atoms with E-state index >= 15 is 0 Å². The number of rotatable bonds is 10. The fourth-order valence-electron chi connectivity index (χ4n) is 2.16. The van der Waals surface area contributed by atoms with Crippen molar-refractivity contribution in [2.45, 2.75) is 26.7 Å². The van der Waals surface area contributed by atoms with Crippen molar-refractivity contribution in [1.29, 1.82) is 0 Å². The highest BCUT2D eigenvalue weighted by Crippen LogP contribution is 2.18. The van der Waals surface area contributed by atoms with E-state index in [4.69, 9.17) is 18.6 Å². The fourth-order valence-corrected chi connectivity index (χ4v) is 3.13. The zero-order chi connectivity index (χ0) is 21.5. The molecular weight excluding hydrogens is 416 g/mol. The lowest BCUT2D eigenvalue weighted by molar-refractivity contribution is 0.0502. The second kappa shape index (κ2) is 9.96. The highest BCUT2D eigenvalue weighted by Gasteiger charge is 2.18. The summed E-state index contributed by atoms with van der Waals surface area (Å²) in [5.74, 6) is -2.64. The Kier molecular flexibility index (Phi) is 8.54. The van der Waals surface area contributed by atoms with Crippen molar-refractivity contribution in [3.05, 3.63) is 34.4 Å². The van der Waals surface area contributed by atoms with Gasteiger partial charge in [-0.1, -0.05) is 0 Å². The summed E-state index contributed by atoms with van der Waals surface area (Å²) in [5, 5.41) is 0. The molecule has 2 N–H and O–H groups in total. The van der Waals surface area contributed by atoms with Gasteiger partial charge in [-0.25, -0.2) is 9.59 Å². The molecule has 0 aliphatic heterocycles. The largest absolute Gasteiger partial charge is 0.462 e. The molecule has 0 saturated heterocycles. The van der Waals surface area contributed by atoms with Gasteiger partial charge in [-0.2, -0.15) is 16.8 Å². The van der Waals surface area contributed by atoms with Crippen LogP contribution in [0.5, 0.6) is 0 Å². The van der Waals surface area contributed by atoms with Crippen LogP contribution in [0.3, 0.4) is 0 Å². The molecule has 0 fully saturated rings. The smallest absolute Gasteiger partial charge is 0.338 e. The normalized spacial score (nSPS) is 11.9. The maximum absolute atomic E-state index is 12.2. The van der Waals surface area contributed by atoms with Gasteiger partial charge in [-0.15, -0.1) is 0 Å². The predicted molar refractivity (Wildman–Crippen MR) is 98.5 cm³/mol. The van der Waals surface area contributed by atoms with E-state index < -0.39 is 43.7 Å². The molecule has 0 radical (unpaired) electrons. The summed E-state index contributed by atoms with van der Waals surface area (Å²) >= 11 is 0. The third kappa shape index (κ3) is 8.78. The maximum atomic E-state index is 12.2. The Morgan fingerprint density at radius 2 is 1.32 bits per heavy atom. The molecule has 1 rings (SSSR count). The van der Waals surface area contributed by atoms with E-state index in [2.05, 4.69) is 0 Å². The van der Waals surface area contributed by atoms with Gasteiger partial charge in [0.1, 0.15) is 0 Å². The third-order valence-electron chi connectivity index (χ3n) is 3.68. The number of benzene rings is 1. The van der Waals surface area contributed by atoms with E-state index in [0.717, 1.165) is 0 Å². The van der Waals surface area contributed by atoms with Crippen LogP contribution in [0.1, 0.15) is 44.7 Å². The van der Waals surface area contributed by atoms with Crippen molar-refractivity contribution in [3.63, 3.8) is 0 Å². The van der Waals surface area contributed by atoms with E-state index in [-0.39, 0.29) is 37.2 Å². The van der Waals surface area contributed by atoms with Crippen LogP contribution >= 0.6 is 0 Å². The zero-order valence-electron chi connectivity index (χ0n) is 15.4. The van der Waals surface area contributed by atoms with Gasteiger partial charge >= 0.3 is 11.9 Å². The van der Waals surface area contributed by atoms with Crippen LogP contribution in [0.4, 0.5) is 0 Å². The Morgan fingerprint density at radius 1 is 0.857 bits per heavy atom. The molecule has 0 unspecified atom stereocenters. The topological polar surface area (TPSA) is 161 Å². The van der Waals surface area contributed by atoms with Crippen molar-refractivity contribution >= 4 is 32.2 Å². The standard InChI is InChI=1S/C16H22O10S2/c1-11-9-13(15(17)25-5-3-7-27(19,20)21)10-14(12(11)2)16(18)26-6-4-8-28(22,23)24/h9-10H,3-8H2,1-2H3,(H,19,20,21)(H,22,23,24). The zero-order valence-corrected chi connectivity index (χ0v) is 17.0. The van der Waals surface area contributed by atoms with Crippen LogP contribution in [0, 0.1) is 13.8 Å². The Labute approximate surface area is 163 Å². The first-order chi connectivity index (χ1) is 12.8. The van der Waals surface area contributed by atoms with Gasteiger partial charge in [-0.05, 0) is 49.9 Å². The number of hydrogen-bond acceptors (Lipinski definition) is 8. The van der Waals surface area contributed by atoms with Crippen molar-refractivity contribution in [1.82, 2.24) is 0 Å². The maximum Gasteiger partial charge on any atom is 0.338 e. The Balaban J connectivity index is 2.76. The summed E-state index contributed by atoms with van der Waals surface area (Å²) in [7, 11) is -8.29. The first kappa shape index (κ1) is 24.0. The molecule has 0 spiro atoms. The van der Waals surface area contributed by atoms with Gasteiger partial charge in [0.25, 0.3) is 20.2 Å². The second-order valence-electron chi connectivity index (χ2n) is 6.02. The summed E-state index contributed by atoms with van der Waals surface area (Å²) in [6, 6.07) is 2.76. The number of carbonyl (C=O) groups excluding carboxylic acids is 2. The molecule has 12 heteroatoms. The predicted octanol–water partition coefficient (Wildman–Crippen LogP) is 1.17. The summed E-state index contributed by atoms with van der Waals surface area (Å²) in [6.07, 6.45) is -0.170. The highest BCUT2D eigenvalue weighted by molar-refractivity contribution is 7.86. The second-order valence-corrected chi connectivity index (χ2v) is 9.16. The van der Waals surface area contributed by atoms with Crippen LogP contribution in [-0.4, -0.2) is 62.6 Å². The lowest BCUT2D eigenvalue weighted by Gasteiger charge is -2.12. The number of ether oxygens (including phenoxy) is 2. The monoisotopic (exact) mass is 438 g/mol. The molecule has 1 aromatic rings. The Bertz CT molecular complexity index is 932. The Morgan fingerprint density at radius 3 is 1.79 bits per heavy atom. The van der Waals surface area contributed by atoms with Crippen LogP contribution in [-0.2, 0) is 29.7 Å². The molecule has 1 aromatic carbocycles. The number of carbonyl (C=O) groups is 2.